The zero-order valence-corrected chi connectivity index (χ0v) is 8.57. The summed E-state index contributed by atoms with van der Waals surface area (Å²) in [5, 5.41) is 0. The Labute approximate surface area is 84.2 Å². The maximum atomic E-state index is 11.4. The predicted octanol–water partition coefficient (Wildman–Crippen LogP) is 0.270. The first kappa shape index (κ1) is 9.93. The molecule has 2 saturated heterocycles. The van der Waals surface area contributed by atoms with Gasteiger partial charge < -0.3 is 9.47 Å². The second kappa shape index (κ2) is 4.28. The van der Waals surface area contributed by atoms with Crippen LogP contribution in [0.5, 0.6) is 0 Å². The van der Waals surface area contributed by atoms with Gasteiger partial charge in [0.1, 0.15) is 0 Å². The van der Waals surface area contributed by atoms with Crippen LogP contribution in [-0.4, -0.2) is 49.8 Å². The number of esters is 1. The Balaban J connectivity index is 1.92. The predicted molar refractivity (Wildman–Crippen MR) is 50.9 cm³/mol. The number of ether oxygens (including phenoxy) is 2. The van der Waals surface area contributed by atoms with Crippen molar-refractivity contribution in [1.82, 2.24) is 4.90 Å². The van der Waals surface area contributed by atoms with Gasteiger partial charge in [-0.05, 0) is 13.3 Å². The minimum atomic E-state index is -0.0241. The van der Waals surface area contributed by atoms with Gasteiger partial charge in [-0.3, -0.25) is 9.69 Å². The number of hydrogen-bond acceptors (Lipinski definition) is 4. The van der Waals surface area contributed by atoms with E-state index in [1.54, 1.807) is 0 Å². The summed E-state index contributed by atoms with van der Waals surface area (Å²) in [7, 11) is 0. The molecule has 0 saturated carbocycles. The summed E-state index contributed by atoms with van der Waals surface area (Å²) >= 11 is 0. The second-order valence-corrected chi connectivity index (χ2v) is 3.95. The van der Waals surface area contributed by atoms with Crippen LogP contribution in [0.25, 0.3) is 0 Å². The first-order valence-corrected chi connectivity index (χ1v) is 5.27. The second-order valence-electron chi connectivity index (χ2n) is 3.95. The minimum Gasteiger partial charge on any atom is -0.465 e. The van der Waals surface area contributed by atoms with E-state index in [0.29, 0.717) is 12.6 Å². The third kappa shape index (κ3) is 1.91. The van der Waals surface area contributed by atoms with Crippen LogP contribution in [0.4, 0.5) is 0 Å². The van der Waals surface area contributed by atoms with E-state index < -0.39 is 0 Å². The van der Waals surface area contributed by atoms with Gasteiger partial charge in [0.15, 0.2) is 0 Å². The smallest absolute Gasteiger partial charge is 0.310 e. The lowest BCUT2D eigenvalue weighted by atomic mass is 9.98. The molecular weight excluding hydrogens is 182 g/mol. The molecule has 0 aliphatic carbocycles. The molecular formula is C10H17NO3. The molecule has 4 heteroatoms. The molecule has 2 atom stereocenters. The molecule has 80 valence electrons. The first-order chi connectivity index (χ1) is 6.79. The zero-order chi connectivity index (χ0) is 9.97. The topological polar surface area (TPSA) is 38.8 Å². The van der Waals surface area contributed by atoms with Crippen LogP contribution in [0, 0.1) is 5.92 Å². The van der Waals surface area contributed by atoms with Crippen molar-refractivity contribution >= 4 is 5.97 Å². The van der Waals surface area contributed by atoms with Crippen molar-refractivity contribution in [2.45, 2.75) is 19.4 Å². The quantitative estimate of drug-likeness (QED) is 0.598. The van der Waals surface area contributed by atoms with Crippen LogP contribution < -0.4 is 0 Å². The van der Waals surface area contributed by atoms with Gasteiger partial charge in [0, 0.05) is 19.1 Å². The number of hydrogen-bond donors (Lipinski definition) is 0. The van der Waals surface area contributed by atoms with Crippen LogP contribution in [0.1, 0.15) is 13.3 Å². The van der Waals surface area contributed by atoms with Gasteiger partial charge in [0.2, 0.25) is 0 Å². The Morgan fingerprint density at radius 1 is 1.36 bits per heavy atom. The molecule has 2 aliphatic heterocycles. The number of nitrogens with zero attached hydrogens (tertiary/aromatic N) is 1. The molecule has 0 aromatic rings. The highest BCUT2D eigenvalue weighted by molar-refractivity contribution is 5.74. The standard InChI is InChI=1S/C10H17NO3/c1-8(9-2-5-14-10(9)12)11-3-6-13-7-4-11/h8-9H,2-7H2,1H3. The van der Waals surface area contributed by atoms with Crippen LogP contribution in [0.15, 0.2) is 0 Å². The van der Waals surface area contributed by atoms with Gasteiger partial charge >= 0.3 is 5.97 Å². The Kier molecular flexibility index (Phi) is 3.03. The molecule has 4 nitrogen and oxygen atoms in total. The lowest BCUT2D eigenvalue weighted by molar-refractivity contribution is -0.143. The van der Waals surface area contributed by atoms with Crippen LogP contribution in [0.3, 0.4) is 0 Å². The molecule has 2 fully saturated rings. The van der Waals surface area contributed by atoms with E-state index in [9.17, 15) is 4.79 Å². The highest BCUT2D eigenvalue weighted by atomic mass is 16.5. The summed E-state index contributed by atoms with van der Waals surface area (Å²) in [4.78, 5) is 13.7. The minimum absolute atomic E-state index is 0.0241. The third-order valence-electron chi connectivity index (χ3n) is 3.18. The van der Waals surface area contributed by atoms with E-state index >= 15 is 0 Å². The lowest BCUT2D eigenvalue weighted by Crippen LogP contribution is -2.46. The van der Waals surface area contributed by atoms with Crippen molar-refractivity contribution in [3.8, 4) is 0 Å². The summed E-state index contributed by atoms with van der Waals surface area (Å²) < 4.78 is 10.3. The molecule has 0 N–H and O–H groups in total. The van der Waals surface area contributed by atoms with Crippen LogP contribution in [0.2, 0.25) is 0 Å². The van der Waals surface area contributed by atoms with E-state index in [2.05, 4.69) is 11.8 Å². The molecule has 0 spiro atoms. The molecule has 0 radical (unpaired) electrons. The summed E-state index contributed by atoms with van der Waals surface area (Å²) in [5.41, 5.74) is 0. The lowest BCUT2D eigenvalue weighted by Gasteiger charge is -2.34. The Hall–Kier alpha value is -0.610. The Morgan fingerprint density at radius 2 is 2.07 bits per heavy atom. The summed E-state index contributed by atoms with van der Waals surface area (Å²) in [5.74, 6) is 0.0529. The van der Waals surface area contributed by atoms with Gasteiger partial charge in [-0.1, -0.05) is 0 Å². The number of rotatable bonds is 2. The van der Waals surface area contributed by atoms with E-state index in [-0.39, 0.29) is 11.9 Å². The molecule has 0 amide bonds. The number of cyclic esters (lactones) is 1. The van der Waals surface area contributed by atoms with Crippen LogP contribution in [-0.2, 0) is 14.3 Å². The van der Waals surface area contributed by atoms with Gasteiger partial charge in [0.25, 0.3) is 0 Å². The fourth-order valence-electron chi connectivity index (χ4n) is 2.19. The number of carbonyl (C=O) groups excluding carboxylic acids is 1. The molecule has 2 aliphatic rings. The highest BCUT2D eigenvalue weighted by Gasteiger charge is 2.35. The van der Waals surface area contributed by atoms with E-state index in [1.165, 1.54) is 0 Å². The van der Waals surface area contributed by atoms with Crippen molar-refractivity contribution in [2.24, 2.45) is 5.92 Å². The maximum Gasteiger partial charge on any atom is 0.310 e. The molecule has 2 unspecified atom stereocenters. The van der Waals surface area contributed by atoms with Gasteiger partial charge in [-0.15, -0.1) is 0 Å². The van der Waals surface area contributed by atoms with E-state index in [4.69, 9.17) is 9.47 Å². The monoisotopic (exact) mass is 199 g/mol. The van der Waals surface area contributed by atoms with Crippen molar-refractivity contribution < 1.29 is 14.3 Å². The Morgan fingerprint density at radius 3 is 2.64 bits per heavy atom. The summed E-state index contributed by atoms with van der Waals surface area (Å²) in [6, 6.07) is 0.300. The average Bonchev–Trinajstić information content (AvgIpc) is 2.65. The number of morpholine rings is 1. The van der Waals surface area contributed by atoms with Gasteiger partial charge in [-0.2, -0.15) is 0 Å². The molecule has 0 aromatic heterocycles. The molecule has 14 heavy (non-hydrogen) atoms. The fraction of sp³-hybridized carbons (Fsp3) is 0.900. The van der Waals surface area contributed by atoms with E-state index in [1.807, 2.05) is 0 Å². The average molecular weight is 199 g/mol. The third-order valence-corrected chi connectivity index (χ3v) is 3.18. The normalized spacial score (nSPS) is 31.5. The first-order valence-electron chi connectivity index (χ1n) is 5.27. The summed E-state index contributed by atoms with van der Waals surface area (Å²) in [6.45, 7) is 6.15. The van der Waals surface area contributed by atoms with Crippen molar-refractivity contribution in [2.75, 3.05) is 32.9 Å². The van der Waals surface area contributed by atoms with Crippen molar-refractivity contribution in [1.29, 1.82) is 0 Å². The van der Waals surface area contributed by atoms with Crippen LogP contribution >= 0.6 is 0 Å². The Bertz CT molecular complexity index is 213. The van der Waals surface area contributed by atoms with Gasteiger partial charge in [0.05, 0.1) is 25.7 Å². The zero-order valence-electron chi connectivity index (χ0n) is 8.57. The van der Waals surface area contributed by atoms with E-state index in [0.717, 1.165) is 32.7 Å². The molecule has 0 bridgehead atoms. The summed E-state index contributed by atoms with van der Waals surface area (Å²) in [6.07, 6.45) is 0.872. The van der Waals surface area contributed by atoms with Crippen molar-refractivity contribution in [3.63, 3.8) is 0 Å². The molecule has 2 heterocycles. The number of carbonyl (C=O) groups is 1. The highest BCUT2D eigenvalue weighted by Crippen LogP contribution is 2.22. The molecule has 0 aromatic carbocycles. The maximum absolute atomic E-state index is 11.4. The van der Waals surface area contributed by atoms with Gasteiger partial charge in [-0.25, -0.2) is 0 Å². The van der Waals surface area contributed by atoms with Crippen molar-refractivity contribution in [3.05, 3.63) is 0 Å². The largest absolute Gasteiger partial charge is 0.465 e. The fourth-order valence-corrected chi connectivity index (χ4v) is 2.19. The SMILES string of the molecule is CC(C1CCOC1=O)N1CCOCC1. The molecule has 2 rings (SSSR count).